The van der Waals surface area contributed by atoms with Gasteiger partial charge in [-0.2, -0.15) is 10.1 Å². The van der Waals surface area contributed by atoms with Crippen molar-refractivity contribution in [3.63, 3.8) is 0 Å². The highest BCUT2D eigenvalue weighted by atomic mass is 16.1. The van der Waals surface area contributed by atoms with Crippen LogP contribution in [0.2, 0.25) is 0 Å². The van der Waals surface area contributed by atoms with Crippen LogP contribution in [0.3, 0.4) is 0 Å². The van der Waals surface area contributed by atoms with Crippen LogP contribution in [0, 0.1) is 0 Å². The number of amides is 1. The molecule has 1 amide bonds. The highest BCUT2D eigenvalue weighted by molar-refractivity contribution is 5.75. The zero-order chi connectivity index (χ0) is 24.5. The van der Waals surface area contributed by atoms with E-state index < -0.39 is 0 Å². The molecule has 35 heavy (non-hydrogen) atoms. The second-order valence-electron chi connectivity index (χ2n) is 8.69. The molecular weight excluding hydrogens is 442 g/mol. The van der Waals surface area contributed by atoms with Crippen molar-refractivity contribution >= 4 is 29.2 Å². The molecular formula is C25H27N9O. The number of hydrogen-bond donors (Lipinski definition) is 3. The summed E-state index contributed by atoms with van der Waals surface area (Å²) >= 11 is 0. The molecule has 0 bridgehead atoms. The fourth-order valence-corrected chi connectivity index (χ4v) is 4.53. The minimum atomic E-state index is -0.385. The quantitative estimate of drug-likeness (QED) is 0.375. The smallest absolute Gasteiger partial charge is 0.222 e. The van der Waals surface area contributed by atoms with Crippen molar-refractivity contribution in [3.8, 4) is 11.1 Å². The molecule has 0 spiro atoms. The highest BCUT2D eigenvalue weighted by Crippen LogP contribution is 2.41. The summed E-state index contributed by atoms with van der Waals surface area (Å²) in [6, 6.07) is 13.8. The number of carbonyl (C=O) groups excluding carboxylic acids is 1. The first-order chi connectivity index (χ1) is 16.9. The Hall–Kier alpha value is -4.47. The minimum Gasteiger partial charge on any atom is -0.370 e. The van der Waals surface area contributed by atoms with Gasteiger partial charge in [0.15, 0.2) is 0 Å². The van der Waals surface area contributed by atoms with Gasteiger partial charge in [-0.1, -0.05) is 18.2 Å². The summed E-state index contributed by atoms with van der Waals surface area (Å²) in [5.41, 5.74) is 16.3. The van der Waals surface area contributed by atoms with Crippen molar-refractivity contribution in [1.82, 2.24) is 24.7 Å². The average Bonchev–Trinajstić information content (AvgIpc) is 3.41. The number of nitrogens with two attached hydrogens (primary N) is 2. The Balaban J connectivity index is 1.56. The molecule has 178 valence electrons. The molecule has 0 fully saturated rings. The fraction of sp³-hybridized carbons (Fsp3) is 0.240. The number of primary amides is 1. The van der Waals surface area contributed by atoms with Gasteiger partial charge >= 0.3 is 0 Å². The predicted molar refractivity (Wildman–Crippen MR) is 135 cm³/mol. The number of fused-ring (bicyclic) bond motifs is 1. The van der Waals surface area contributed by atoms with Crippen LogP contribution < -0.4 is 21.7 Å². The maximum atomic E-state index is 11.6. The number of rotatable bonds is 7. The molecule has 4 aromatic rings. The third-order valence-corrected chi connectivity index (χ3v) is 6.15. The fourth-order valence-electron chi connectivity index (χ4n) is 4.53. The topological polar surface area (TPSA) is 141 Å². The number of pyridine rings is 1. The van der Waals surface area contributed by atoms with Crippen LogP contribution in [0.5, 0.6) is 0 Å². The Morgan fingerprint density at radius 1 is 1.14 bits per heavy atom. The molecule has 0 saturated heterocycles. The standard InChI is InChI=1S/C25H27N9O/c1-15-23(19-10-16(12-28-24(19)30-15)17-13-29-33(2)14-17)20-11-22(32-25(27)31-20)34(9-8-21(26)35)18-6-4-3-5-7-18/h3-7,10-15,23H,8-9H2,1-2H3,(H2,26,35)(H,28,30)(H2,27,31,32). The van der Waals surface area contributed by atoms with E-state index in [0.29, 0.717) is 12.4 Å². The lowest BCUT2D eigenvalue weighted by Crippen LogP contribution is -2.26. The number of anilines is 4. The van der Waals surface area contributed by atoms with Crippen molar-refractivity contribution < 1.29 is 4.79 Å². The first kappa shape index (κ1) is 22.3. The highest BCUT2D eigenvalue weighted by Gasteiger charge is 2.34. The molecule has 0 radical (unpaired) electrons. The lowest BCUT2D eigenvalue weighted by molar-refractivity contribution is -0.117. The monoisotopic (exact) mass is 469 g/mol. The molecule has 0 aliphatic carbocycles. The number of para-hydroxylation sites is 1. The van der Waals surface area contributed by atoms with E-state index in [9.17, 15) is 4.79 Å². The van der Waals surface area contributed by atoms with Crippen molar-refractivity contribution in [1.29, 1.82) is 0 Å². The summed E-state index contributed by atoms with van der Waals surface area (Å²) in [4.78, 5) is 27.3. The van der Waals surface area contributed by atoms with Crippen molar-refractivity contribution in [2.75, 3.05) is 22.5 Å². The molecule has 2 unspecified atom stereocenters. The summed E-state index contributed by atoms with van der Waals surface area (Å²) in [5.74, 6) is 1.12. The largest absolute Gasteiger partial charge is 0.370 e. The molecule has 1 aliphatic heterocycles. The SMILES string of the molecule is CC1Nc2ncc(-c3cnn(C)c3)cc2C1c1cc(N(CCC(N)=O)c2ccccc2)nc(N)n1. The third kappa shape index (κ3) is 4.50. The van der Waals surface area contributed by atoms with Gasteiger partial charge in [0.25, 0.3) is 0 Å². The number of aryl methyl sites for hydroxylation is 1. The van der Waals surface area contributed by atoms with Crippen LogP contribution >= 0.6 is 0 Å². The van der Waals surface area contributed by atoms with Gasteiger partial charge in [-0.15, -0.1) is 0 Å². The number of nitrogen functional groups attached to an aromatic ring is 1. The van der Waals surface area contributed by atoms with E-state index in [1.54, 1.807) is 4.68 Å². The zero-order valence-corrected chi connectivity index (χ0v) is 19.6. The van der Waals surface area contributed by atoms with Crippen molar-refractivity contribution in [2.24, 2.45) is 12.8 Å². The number of carbonyl (C=O) groups is 1. The molecule has 0 saturated carbocycles. The molecule has 2 atom stereocenters. The number of nitrogens with zero attached hydrogens (tertiary/aromatic N) is 6. The van der Waals surface area contributed by atoms with E-state index >= 15 is 0 Å². The van der Waals surface area contributed by atoms with Crippen LogP contribution in [0.15, 0.2) is 61.1 Å². The van der Waals surface area contributed by atoms with E-state index in [0.717, 1.165) is 33.9 Å². The first-order valence-corrected chi connectivity index (χ1v) is 11.4. The van der Waals surface area contributed by atoms with Crippen LogP contribution in [0.4, 0.5) is 23.3 Å². The van der Waals surface area contributed by atoms with Gasteiger partial charge in [0.2, 0.25) is 11.9 Å². The Morgan fingerprint density at radius 2 is 1.94 bits per heavy atom. The molecule has 3 aromatic heterocycles. The van der Waals surface area contributed by atoms with Crippen LogP contribution in [0.1, 0.15) is 30.5 Å². The van der Waals surface area contributed by atoms with Crippen molar-refractivity contribution in [3.05, 3.63) is 72.3 Å². The van der Waals surface area contributed by atoms with E-state index in [1.807, 2.05) is 66.9 Å². The molecule has 10 heteroatoms. The van der Waals surface area contributed by atoms with Gasteiger partial charge in [0.1, 0.15) is 11.6 Å². The predicted octanol–water partition coefficient (Wildman–Crippen LogP) is 2.81. The number of hydrogen-bond acceptors (Lipinski definition) is 8. The maximum absolute atomic E-state index is 11.6. The normalized spacial score (nSPS) is 16.5. The van der Waals surface area contributed by atoms with E-state index in [4.69, 9.17) is 11.5 Å². The molecule has 10 nitrogen and oxygen atoms in total. The summed E-state index contributed by atoms with van der Waals surface area (Å²) in [6.45, 7) is 2.47. The first-order valence-electron chi connectivity index (χ1n) is 11.4. The Kier molecular flexibility index (Phi) is 5.77. The Bertz CT molecular complexity index is 1370. The van der Waals surface area contributed by atoms with Gasteiger partial charge in [-0.3, -0.25) is 9.48 Å². The summed E-state index contributed by atoms with van der Waals surface area (Å²) in [5, 5.41) is 7.74. The number of benzene rings is 1. The summed E-state index contributed by atoms with van der Waals surface area (Å²) in [7, 11) is 1.89. The van der Waals surface area contributed by atoms with E-state index in [2.05, 4.69) is 38.4 Å². The Morgan fingerprint density at radius 3 is 2.66 bits per heavy atom. The summed E-state index contributed by atoms with van der Waals surface area (Å²) in [6.07, 6.45) is 5.80. The molecule has 4 heterocycles. The third-order valence-electron chi connectivity index (χ3n) is 6.15. The second kappa shape index (κ2) is 9.05. The molecule has 1 aromatic carbocycles. The lowest BCUT2D eigenvalue weighted by atomic mass is 9.92. The van der Waals surface area contributed by atoms with Gasteiger partial charge in [0.05, 0.1) is 17.8 Å². The lowest BCUT2D eigenvalue weighted by Gasteiger charge is -2.25. The average molecular weight is 470 g/mol. The molecule has 1 aliphatic rings. The number of nitrogens with one attached hydrogen (secondary N) is 1. The van der Waals surface area contributed by atoms with Crippen LogP contribution in [-0.4, -0.2) is 43.2 Å². The van der Waals surface area contributed by atoms with Crippen LogP contribution in [-0.2, 0) is 11.8 Å². The number of aromatic nitrogens is 5. The van der Waals surface area contributed by atoms with Gasteiger partial charge in [-0.05, 0) is 25.1 Å². The zero-order valence-electron chi connectivity index (χ0n) is 19.6. The molecule has 5 rings (SSSR count). The van der Waals surface area contributed by atoms with E-state index in [-0.39, 0.29) is 30.2 Å². The van der Waals surface area contributed by atoms with Gasteiger partial charge in [0, 0.05) is 66.9 Å². The Labute approximate surface area is 203 Å². The second-order valence-corrected chi connectivity index (χ2v) is 8.69. The van der Waals surface area contributed by atoms with Gasteiger partial charge < -0.3 is 21.7 Å². The van der Waals surface area contributed by atoms with E-state index in [1.165, 1.54) is 0 Å². The molecule has 5 N–H and O–H groups in total. The van der Waals surface area contributed by atoms with Crippen molar-refractivity contribution in [2.45, 2.75) is 25.3 Å². The van der Waals surface area contributed by atoms with Crippen LogP contribution in [0.25, 0.3) is 11.1 Å². The summed E-state index contributed by atoms with van der Waals surface area (Å²) < 4.78 is 1.77. The minimum absolute atomic E-state index is 0.0413. The van der Waals surface area contributed by atoms with Gasteiger partial charge in [-0.25, -0.2) is 9.97 Å². The maximum Gasteiger partial charge on any atom is 0.222 e.